The molecule has 0 radical (unpaired) electrons. The molecule has 1 rings (SSSR count). The Balaban J connectivity index is 2.86. The topological polar surface area (TPSA) is 29.3 Å². The summed E-state index contributed by atoms with van der Waals surface area (Å²) in [4.78, 5) is 3.74. The molecule has 0 aliphatic carbocycles. The lowest BCUT2D eigenvalue weighted by Gasteiger charge is -2.32. The summed E-state index contributed by atoms with van der Waals surface area (Å²) in [5, 5.41) is 0. The fourth-order valence-corrected chi connectivity index (χ4v) is 4.21. The average Bonchev–Trinajstić information content (AvgIpc) is 2.74. The Morgan fingerprint density at radius 1 is 1.37 bits per heavy atom. The maximum Gasteiger partial charge on any atom is 0.107 e. The zero-order valence-electron chi connectivity index (χ0n) is 12.0. The molecular weight excluding hydrogens is 344 g/mol. The van der Waals surface area contributed by atoms with E-state index in [1.54, 1.807) is 11.3 Å². The monoisotopic (exact) mass is 366 g/mol. The van der Waals surface area contributed by atoms with Crippen LogP contribution in [0.15, 0.2) is 10.5 Å². The molecule has 0 aliphatic rings. The molecule has 0 aromatic carbocycles. The van der Waals surface area contributed by atoms with Crippen molar-refractivity contribution >= 4 is 38.9 Å². The van der Waals surface area contributed by atoms with Crippen LogP contribution in [0.4, 0.5) is 0 Å². The van der Waals surface area contributed by atoms with Crippen molar-refractivity contribution in [1.29, 1.82) is 0 Å². The van der Waals surface area contributed by atoms with Crippen molar-refractivity contribution in [1.82, 2.24) is 4.90 Å². The summed E-state index contributed by atoms with van der Waals surface area (Å²) in [6.07, 6.45) is 2.44. The van der Waals surface area contributed by atoms with Gasteiger partial charge < -0.3 is 5.73 Å². The van der Waals surface area contributed by atoms with Crippen LogP contribution in [0.5, 0.6) is 0 Å². The number of nitrogens with two attached hydrogens (primary N) is 1. The van der Waals surface area contributed by atoms with Gasteiger partial charge in [0, 0.05) is 22.4 Å². The minimum absolute atomic E-state index is 0.277. The van der Waals surface area contributed by atoms with Crippen molar-refractivity contribution in [3.8, 4) is 0 Å². The number of thiophene rings is 1. The lowest BCUT2D eigenvalue weighted by atomic mass is 10.0. The molecule has 0 saturated heterocycles. The van der Waals surface area contributed by atoms with Gasteiger partial charge in [0.1, 0.15) is 4.34 Å². The second-order valence-electron chi connectivity index (χ2n) is 4.79. The first-order chi connectivity index (χ1) is 9.07. The standard InChI is InChI=1S/C14H24BrClN2S/c1-4-10(5-2)9-18(6-3)12(8-17)13-7-11(15)14(16)19-13/h7,10,12H,4-6,8-9,17H2,1-3H3. The molecule has 0 aliphatic heterocycles. The smallest absolute Gasteiger partial charge is 0.107 e. The van der Waals surface area contributed by atoms with Crippen molar-refractivity contribution in [2.45, 2.75) is 39.7 Å². The molecule has 0 saturated carbocycles. The van der Waals surface area contributed by atoms with E-state index >= 15 is 0 Å². The molecule has 1 atom stereocenters. The van der Waals surface area contributed by atoms with E-state index in [4.69, 9.17) is 17.3 Å². The Morgan fingerprint density at radius 3 is 2.37 bits per heavy atom. The van der Waals surface area contributed by atoms with Crippen molar-refractivity contribution < 1.29 is 0 Å². The number of hydrogen-bond acceptors (Lipinski definition) is 3. The largest absolute Gasteiger partial charge is 0.329 e. The molecule has 0 amide bonds. The molecule has 1 aromatic heterocycles. The first kappa shape index (κ1) is 17.4. The molecule has 1 aromatic rings. The highest BCUT2D eigenvalue weighted by Gasteiger charge is 2.22. The van der Waals surface area contributed by atoms with Gasteiger partial charge in [-0.3, -0.25) is 4.90 Å². The van der Waals surface area contributed by atoms with Crippen LogP contribution in [-0.2, 0) is 0 Å². The lowest BCUT2D eigenvalue weighted by molar-refractivity contribution is 0.176. The van der Waals surface area contributed by atoms with Crippen LogP contribution < -0.4 is 5.73 Å². The Labute approximate surface area is 134 Å². The Hall–Kier alpha value is 0.390. The van der Waals surface area contributed by atoms with E-state index in [1.165, 1.54) is 17.7 Å². The van der Waals surface area contributed by atoms with Crippen LogP contribution >= 0.6 is 38.9 Å². The molecule has 0 bridgehead atoms. The highest BCUT2D eigenvalue weighted by atomic mass is 79.9. The number of likely N-dealkylation sites (N-methyl/N-ethyl adjacent to an activating group) is 1. The van der Waals surface area contributed by atoms with Gasteiger partial charge in [0.2, 0.25) is 0 Å². The van der Waals surface area contributed by atoms with Gasteiger partial charge in [0.05, 0.1) is 6.04 Å². The summed E-state index contributed by atoms with van der Waals surface area (Å²) in [7, 11) is 0. The minimum Gasteiger partial charge on any atom is -0.329 e. The third-order valence-electron chi connectivity index (χ3n) is 3.71. The number of nitrogens with zero attached hydrogens (tertiary/aromatic N) is 1. The van der Waals surface area contributed by atoms with Crippen LogP contribution in [0.3, 0.4) is 0 Å². The molecule has 1 heterocycles. The third kappa shape index (κ3) is 4.71. The summed E-state index contributed by atoms with van der Waals surface area (Å²) in [6, 6.07) is 2.39. The second-order valence-corrected chi connectivity index (χ2v) is 7.33. The van der Waals surface area contributed by atoms with Gasteiger partial charge in [-0.05, 0) is 34.5 Å². The molecule has 19 heavy (non-hydrogen) atoms. The van der Waals surface area contributed by atoms with Gasteiger partial charge in [0.25, 0.3) is 0 Å². The molecule has 2 nitrogen and oxygen atoms in total. The van der Waals surface area contributed by atoms with Crippen LogP contribution in [0.1, 0.15) is 44.5 Å². The predicted octanol–water partition coefficient (Wildman–Crippen LogP) is 4.92. The minimum atomic E-state index is 0.277. The van der Waals surface area contributed by atoms with Crippen molar-refractivity contribution in [3.63, 3.8) is 0 Å². The number of rotatable bonds is 8. The average molecular weight is 368 g/mol. The summed E-state index contributed by atoms with van der Waals surface area (Å²) in [6.45, 7) is 9.49. The summed E-state index contributed by atoms with van der Waals surface area (Å²) in [5.74, 6) is 0.743. The summed E-state index contributed by atoms with van der Waals surface area (Å²) >= 11 is 11.3. The molecule has 1 unspecified atom stereocenters. The van der Waals surface area contributed by atoms with Crippen molar-refractivity contribution in [3.05, 3.63) is 19.8 Å². The van der Waals surface area contributed by atoms with Crippen molar-refractivity contribution in [2.24, 2.45) is 11.7 Å². The molecule has 2 N–H and O–H groups in total. The summed E-state index contributed by atoms with van der Waals surface area (Å²) < 4.78 is 1.79. The van der Waals surface area contributed by atoms with E-state index in [2.05, 4.69) is 47.7 Å². The second kappa shape index (κ2) is 8.63. The van der Waals surface area contributed by atoms with E-state index in [9.17, 15) is 0 Å². The summed E-state index contributed by atoms with van der Waals surface area (Å²) in [5.41, 5.74) is 6.01. The Morgan fingerprint density at radius 2 is 2.00 bits per heavy atom. The van der Waals surface area contributed by atoms with Gasteiger partial charge in [-0.15, -0.1) is 11.3 Å². The van der Waals surface area contributed by atoms with Gasteiger partial charge >= 0.3 is 0 Å². The van der Waals surface area contributed by atoms with E-state index in [0.717, 1.165) is 27.8 Å². The van der Waals surface area contributed by atoms with E-state index in [1.807, 2.05) is 0 Å². The zero-order chi connectivity index (χ0) is 14.4. The fourth-order valence-electron chi connectivity index (χ4n) is 2.33. The first-order valence-corrected chi connectivity index (χ1v) is 8.94. The molecule has 5 heteroatoms. The van der Waals surface area contributed by atoms with Gasteiger partial charge in [-0.25, -0.2) is 0 Å². The van der Waals surface area contributed by atoms with Gasteiger partial charge in [-0.2, -0.15) is 0 Å². The molecule has 110 valence electrons. The van der Waals surface area contributed by atoms with Crippen molar-refractivity contribution in [2.75, 3.05) is 19.6 Å². The van der Waals surface area contributed by atoms with Gasteiger partial charge in [-0.1, -0.05) is 45.2 Å². The van der Waals surface area contributed by atoms with Crippen LogP contribution in [0, 0.1) is 5.92 Å². The highest BCUT2D eigenvalue weighted by molar-refractivity contribution is 9.10. The number of halogens is 2. The van der Waals surface area contributed by atoms with Crippen LogP contribution in [0.25, 0.3) is 0 Å². The van der Waals surface area contributed by atoms with Gasteiger partial charge in [0.15, 0.2) is 0 Å². The molecule has 0 fully saturated rings. The quantitative estimate of drug-likeness (QED) is 0.706. The van der Waals surface area contributed by atoms with Crippen LogP contribution in [0.2, 0.25) is 4.34 Å². The van der Waals surface area contributed by atoms with E-state index in [0.29, 0.717) is 6.54 Å². The number of hydrogen-bond donors (Lipinski definition) is 1. The highest BCUT2D eigenvalue weighted by Crippen LogP contribution is 2.37. The maximum atomic E-state index is 6.15. The Kier molecular flexibility index (Phi) is 7.92. The molecule has 0 spiro atoms. The first-order valence-electron chi connectivity index (χ1n) is 6.96. The predicted molar refractivity (Wildman–Crippen MR) is 90.1 cm³/mol. The fraction of sp³-hybridized carbons (Fsp3) is 0.714. The lowest BCUT2D eigenvalue weighted by Crippen LogP contribution is -2.36. The normalized spacial score (nSPS) is 13.5. The van der Waals surface area contributed by atoms with E-state index < -0.39 is 0 Å². The third-order valence-corrected chi connectivity index (χ3v) is 6.29. The maximum absolute atomic E-state index is 6.15. The Bertz CT molecular complexity index is 360. The zero-order valence-corrected chi connectivity index (χ0v) is 15.1. The SMILES string of the molecule is CCC(CC)CN(CC)C(CN)c1cc(Br)c(Cl)s1. The van der Waals surface area contributed by atoms with Crippen LogP contribution in [-0.4, -0.2) is 24.5 Å². The molecular formula is C14H24BrClN2S. The van der Waals surface area contributed by atoms with E-state index in [-0.39, 0.29) is 6.04 Å².